The number of aliphatic hydroxyl groups is 3. The minimum atomic E-state index is -1.11. The summed E-state index contributed by atoms with van der Waals surface area (Å²) in [5.74, 6) is -0.951. The van der Waals surface area contributed by atoms with Crippen molar-refractivity contribution < 1.29 is 34.4 Å². The van der Waals surface area contributed by atoms with Crippen LogP contribution in [0.5, 0.6) is 0 Å². The molecule has 0 aromatic carbocycles. The smallest absolute Gasteiger partial charge is 0.311 e. The first-order valence-electron chi connectivity index (χ1n) is 18.4. The maximum absolute atomic E-state index is 13.8. The fourth-order valence-electron chi connectivity index (χ4n) is 6.68. The van der Waals surface area contributed by atoms with Crippen molar-refractivity contribution in [3.63, 3.8) is 0 Å². The first kappa shape index (κ1) is 43.9. The second-order valence-corrected chi connectivity index (χ2v) is 17.8. The van der Waals surface area contributed by atoms with Crippen molar-refractivity contribution in [2.24, 2.45) is 39.6 Å². The molecule has 11 nitrogen and oxygen atoms in total. The maximum Gasteiger partial charge on any atom is 0.311 e. The lowest BCUT2D eigenvalue weighted by atomic mass is 9.80. The van der Waals surface area contributed by atoms with Crippen LogP contribution in [0, 0.1) is 29.6 Å². The molecule has 51 heavy (non-hydrogen) atoms. The van der Waals surface area contributed by atoms with Gasteiger partial charge in [0.25, 0.3) is 0 Å². The van der Waals surface area contributed by atoms with Gasteiger partial charge in [0.05, 0.1) is 53.0 Å². The minimum Gasteiger partial charge on any atom is -0.466 e. The van der Waals surface area contributed by atoms with Gasteiger partial charge in [0.1, 0.15) is 21.8 Å². The molecule has 0 radical (unpaired) electrons. The molecule has 3 rings (SSSR count). The number of nitrogens with zero attached hydrogens (tertiary/aromatic N) is 3. The molecule has 14 heteroatoms. The SMILES string of the molecule is CCC[C@@H](C)[C@H](O)[C@H](C)[C@@H](O)[C@@H](C)[C@H](Cc1nc(C2=N[C@@](C)(C3=N[C@@](C)(C(=O)N[C@H]([C@@H](O)[C@@H](C)C(=O)OCC)[C@@H](C)CC)CS3)CS2)cs1)OC. The minimum absolute atomic E-state index is 0.0795. The number of carbonyl (C=O) groups excluding carboxylic acids is 2. The lowest BCUT2D eigenvalue weighted by Gasteiger charge is -2.34. The normalized spacial score (nSPS) is 26.5. The van der Waals surface area contributed by atoms with Crippen molar-refractivity contribution in [3.8, 4) is 0 Å². The van der Waals surface area contributed by atoms with Gasteiger partial charge >= 0.3 is 5.97 Å². The highest BCUT2D eigenvalue weighted by atomic mass is 32.2. The number of aliphatic hydroxyl groups excluding tert-OH is 3. The Balaban J connectivity index is 1.72. The largest absolute Gasteiger partial charge is 0.466 e. The quantitative estimate of drug-likeness (QED) is 0.127. The van der Waals surface area contributed by atoms with Crippen LogP contribution in [0.2, 0.25) is 0 Å². The third-order valence-corrected chi connectivity index (χ3v) is 14.4. The summed E-state index contributed by atoms with van der Waals surface area (Å²) in [5, 5.41) is 40.7. The van der Waals surface area contributed by atoms with Crippen LogP contribution in [0.25, 0.3) is 0 Å². The molecule has 1 aromatic rings. The van der Waals surface area contributed by atoms with Crippen LogP contribution in [-0.2, 0) is 25.5 Å². The fraction of sp³-hybridized carbons (Fsp3) is 0.811. The number of aliphatic imine (C=N–C) groups is 2. The second-order valence-electron chi connectivity index (χ2n) is 14.9. The summed E-state index contributed by atoms with van der Waals surface area (Å²) in [7, 11) is 1.65. The average molecular weight is 771 g/mol. The predicted molar refractivity (Wildman–Crippen MR) is 210 cm³/mol. The monoisotopic (exact) mass is 770 g/mol. The van der Waals surface area contributed by atoms with Crippen LogP contribution >= 0.6 is 34.9 Å². The standard InChI is InChI=1S/C37H62N4O7S3/c1-12-15-21(5)29(42)23(7)30(43)22(6)26(47-11)16-27-38-25(17-49-27)32-40-37(10,19-50-32)35-41-36(9,18-51-35)34(46)39-28(20(4)13-2)31(44)24(8)33(45)48-14-3/h17,20-24,26,28-31,42-44H,12-16,18-19H2,1-11H3,(H,39,46)/t20-,21+,22-,23-,24+,26-,28-,29-,30-,31-,36+,37+/m0/s1. The number of ether oxygens (including phenoxy) is 2. The number of hydrogen-bond acceptors (Lipinski definition) is 13. The van der Waals surface area contributed by atoms with Gasteiger partial charge in [0, 0.05) is 42.3 Å². The van der Waals surface area contributed by atoms with E-state index in [0.29, 0.717) is 24.3 Å². The number of thiazole rings is 1. The average Bonchev–Trinajstić information content (AvgIpc) is 3.86. The van der Waals surface area contributed by atoms with E-state index in [1.807, 2.05) is 46.9 Å². The van der Waals surface area contributed by atoms with E-state index in [0.717, 1.165) is 33.6 Å². The molecule has 0 aliphatic carbocycles. The Kier molecular flexibility index (Phi) is 16.5. The van der Waals surface area contributed by atoms with Crippen LogP contribution in [0.3, 0.4) is 0 Å². The molecule has 0 bridgehead atoms. The zero-order valence-electron chi connectivity index (χ0n) is 32.3. The molecule has 0 spiro atoms. The van der Waals surface area contributed by atoms with Gasteiger partial charge in [-0.2, -0.15) is 0 Å². The molecule has 1 aromatic heterocycles. The fourth-order valence-corrected chi connectivity index (χ4v) is 10.1. The number of esters is 1. The Morgan fingerprint density at radius 2 is 1.63 bits per heavy atom. The topological polar surface area (TPSA) is 163 Å². The molecule has 0 unspecified atom stereocenters. The van der Waals surface area contributed by atoms with E-state index >= 15 is 0 Å². The van der Waals surface area contributed by atoms with Gasteiger partial charge in [0.2, 0.25) is 5.91 Å². The van der Waals surface area contributed by atoms with E-state index in [1.165, 1.54) is 23.1 Å². The molecule has 0 saturated carbocycles. The van der Waals surface area contributed by atoms with Crippen LogP contribution in [0.15, 0.2) is 15.4 Å². The highest BCUT2D eigenvalue weighted by molar-refractivity contribution is 8.16. The van der Waals surface area contributed by atoms with E-state index in [1.54, 1.807) is 39.6 Å². The van der Waals surface area contributed by atoms with E-state index in [9.17, 15) is 24.9 Å². The van der Waals surface area contributed by atoms with Gasteiger partial charge in [-0.05, 0) is 46.0 Å². The lowest BCUT2D eigenvalue weighted by molar-refractivity contribution is -0.153. The first-order valence-corrected chi connectivity index (χ1v) is 21.3. The summed E-state index contributed by atoms with van der Waals surface area (Å²) >= 11 is 4.68. The first-order chi connectivity index (χ1) is 24.0. The van der Waals surface area contributed by atoms with E-state index in [2.05, 4.69) is 12.2 Å². The Morgan fingerprint density at radius 1 is 0.941 bits per heavy atom. The third-order valence-electron chi connectivity index (χ3n) is 10.7. The molecule has 0 fully saturated rings. The maximum atomic E-state index is 13.8. The summed E-state index contributed by atoms with van der Waals surface area (Å²) in [6.07, 6.45) is 0.436. The molecule has 2 aliphatic rings. The number of nitrogens with one attached hydrogen (secondary N) is 1. The van der Waals surface area contributed by atoms with Crippen molar-refractivity contribution in [2.45, 2.75) is 136 Å². The van der Waals surface area contributed by atoms with Crippen molar-refractivity contribution in [1.29, 1.82) is 0 Å². The third kappa shape index (κ3) is 10.6. The van der Waals surface area contributed by atoms with Gasteiger partial charge in [-0.3, -0.25) is 19.6 Å². The Morgan fingerprint density at radius 3 is 2.24 bits per heavy atom. The number of aromatic nitrogens is 1. The number of hydrogen-bond donors (Lipinski definition) is 4. The number of rotatable bonds is 20. The molecule has 4 N–H and O–H groups in total. The van der Waals surface area contributed by atoms with Crippen molar-refractivity contribution in [1.82, 2.24) is 10.3 Å². The van der Waals surface area contributed by atoms with Crippen LogP contribution in [-0.4, -0.2) is 109 Å². The van der Waals surface area contributed by atoms with Gasteiger partial charge < -0.3 is 30.1 Å². The van der Waals surface area contributed by atoms with Crippen LogP contribution in [0.1, 0.15) is 99.2 Å². The van der Waals surface area contributed by atoms with E-state index in [-0.39, 0.29) is 42.3 Å². The second kappa shape index (κ2) is 19.2. The lowest BCUT2D eigenvalue weighted by Crippen LogP contribution is -2.56. The van der Waals surface area contributed by atoms with Crippen molar-refractivity contribution in [2.75, 3.05) is 25.2 Å². The molecular weight excluding hydrogens is 709 g/mol. The number of amides is 1. The van der Waals surface area contributed by atoms with Gasteiger partial charge in [0.15, 0.2) is 0 Å². The highest BCUT2D eigenvalue weighted by Gasteiger charge is 2.47. The summed E-state index contributed by atoms with van der Waals surface area (Å²) in [4.78, 5) is 41.1. The number of methoxy groups -OCH3 is 1. The van der Waals surface area contributed by atoms with Gasteiger partial charge in [-0.1, -0.05) is 54.4 Å². The molecule has 0 saturated heterocycles. The van der Waals surface area contributed by atoms with Gasteiger partial charge in [-0.15, -0.1) is 34.9 Å². The van der Waals surface area contributed by atoms with E-state index < -0.39 is 47.3 Å². The summed E-state index contributed by atoms with van der Waals surface area (Å²) < 4.78 is 11.0. The van der Waals surface area contributed by atoms with E-state index in [4.69, 9.17) is 24.4 Å². The molecule has 2 aliphatic heterocycles. The number of carbonyl (C=O) groups is 2. The zero-order chi connectivity index (χ0) is 38.3. The molecular formula is C37H62N4O7S3. The molecule has 290 valence electrons. The summed E-state index contributed by atoms with van der Waals surface area (Å²) in [6, 6.07) is -0.641. The Bertz CT molecular complexity index is 1380. The Labute approximate surface area is 317 Å². The van der Waals surface area contributed by atoms with Gasteiger partial charge in [-0.25, -0.2) is 4.98 Å². The van der Waals surface area contributed by atoms with Crippen molar-refractivity contribution in [3.05, 3.63) is 16.1 Å². The molecule has 3 heterocycles. The van der Waals surface area contributed by atoms with Crippen molar-refractivity contribution >= 4 is 56.8 Å². The van der Waals surface area contributed by atoms with Crippen LogP contribution < -0.4 is 5.32 Å². The molecule has 1 amide bonds. The predicted octanol–water partition coefficient (Wildman–Crippen LogP) is 5.38. The Hall–Kier alpha value is -1.55. The zero-order valence-corrected chi connectivity index (χ0v) is 34.8. The summed E-state index contributed by atoms with van der Waals surface area (Å²) in [5.41, 5.74) is -0.898. The highest BCUT2D eigenvalue weighted by Crippen LogP contribution is 2.41. The summed E-state index contributed by atoms with van der Waals surface area (Å²) in [6.45, 7) is 19.3. The number of thioether (sulfide) groups is 2. The molecule has 12 atom stereocenters. The van der Waals surface area contributed by atoms with Crippen LogP contribution in [0.4, 0.5) is 0 Å².